The maximum absolute atomic E-state index is 13.0. The molecule has 3 amide bonds. The van der Waals surface area contributed by atoms with Gasteiger partial charge in [0, 0.05) is 55.5 Å². The van der Waals surface area contributed by atoms with Gasteiger partial charge >= 0.3 is 0 Å². The van der Waals surface area contributed by atoms with Crippen LogP contribution in [-0.2, 0) is 30.2 Å². The molecular formula is C26H23N5O3. The highest BCUT2D eigenvalue weighted by Gasteiger charge is 2.39. The van der Waals surface area contributed by atoms with Crippen LogP contribution < -0.4 is 5.32 Å². The highest BCUT2D eigenvalue weighted by atomic mass is 16.2. The van der Waals surface area contributed by atoms with E-state index in [1.165, 1.54) is 5.39 Å². The first-order valence-electron chi connectivity index (χ1n) is 11.3. The van der Waals surface area contributed by atoms with Gasteiger partial charge in [-0.3, -0.25) is 19.7 Å². The van der Waals surface area contributed by atoms with Gasteiger partial charge < -0.3 is 14.0 Å². The Morgan fingerprint density at radius 3 is 2.62 bits per heavy atom. The van der Waals surface area contributed by atoms with Crippen LogP contribution in [0.5, 0.6) is 0 Å². The topological polar surface area (TPSA) is 89.2 Å². The van der Waals surface area contributed by atoms with Crippen molar-refractivity contribution < 1.29 is 14.4 Å². The van der Waals surface area contributed by atoms with E-state index >= 15 is 0 Å². The van der Waals surface area contributed by atoms with Crippen LogP contribution in [0.4, 0.5) is 0 Å². The van der Waals surface area contributed by atoms with Crippen LogP contribution in [-0.4, -0.2) is 42.8 Å². The van der Waals surface area contributed by atoms with E-state index in [-0.39, 0.29) is 18.2 Å². The van der Waals surface area contributed by atoms with Crippen molar-refractivity contribution >= 4 is 28.6 Å². The lowest BCUT2D eigenvalue weighted by Crippen LogP contribution is -2.52. The Kier molecular flexibility index (Phi) is 4.45. The first-order chi connectivity index (χ1) is 16.4. The van der Waals surface area contributed by atoms with Gasteiger partial charge in [-0.15, -0.1) is 0 Å². The van der Waals surface area contributed by atoms with Gasteiger partial charge in [-0.1, -0.05) is 18.2 Å². The maximum atomic E-state index is 13.0. The number of hydrogen-bond acceptors (Lipinski definition) is 4. The van der Waals surface area contributed by atoms with Gasteiger partial charge in [0.15, 0.2) is 0 Å². The number of benzene rings is 2. The molecule has 8 heteroatoms. The number of nitrogens with zero attached hydrogens (tertiary/aromatic N) is 4. The third kappa shape index (κ3) is 3.06. The molecule has 2 aliphatic rings. The average molecular weight is 454 g/mol. The summed E-state index contributed by atoms with van der Waals surface area (Å²) in [6.45, 7) is 0.339. The van der Waals surface area contributed by atoms with Crippen LogP contribution in [0.2, 0.25) is 0 Å². The summed E-state index contributed by atoms with van der Waals surface area (Å²) < 4.78 is 4.10. The molecule has 2 aromatic heterocycles. The molecule has 0 spiro atoms. The molecule has 1 saturated heterocycles. The molecule has 1 fully saturated rings. The third-order valence-corrected chi connectivity index (χ3v) is 6.90. The molecule has 0 bridgehead atoms. The number of carbonyl (C=O) groups is 3. The Balaban J connectivity index is 1.37. The number of carbonyl (C=O) groups excluding carboxylic acids is 3. The second-order valence-corrected chi connectivity index (χ2v) is 9.02. The monoisotopic (exact) mass is 453 g/mol. The summed E-state index contributed by atoms with van der Waals surface area (Å²) in [5.41, 5.74) is 6.41. The molecule has 0 aliphatic carbocycles. The lowest BCUT2D eigenvalue weighted by atomic mass is 10.00. The molecule has 0 saturated carbocycles. The largest absolute Gasteiger partial charge is 0.351 e. The second kappa shape index (κ2) is 7.41. The molecule has 6 rings (SSSR count). The molecule has 2 aromatic carbocycles. The Morgan fingerprint density at radius 1 is 0.971 bits per heavy atom. The van der Waals surface area contributed by atoms with Crippen LogP contribution in [0.15, 0.2) is 55.0 Å². The Labute approximate surface area is 195 Å². The molecule has 1 unspecified atom stereocenters. The Bertz CT molecular complexity index is 1510. The maximum Gasteiger partial charge on any atom is 0.255 e. The van der Waals surface area contributed by atoms with Crippen molar-refractivity contribution in [2.24, 2.45) is 14.1 Å². The lowest BCUT2D eigenvalue weighted by molar-refractivity contribution is -0.136. The predicted octanol–water partition coefficient (Wildman–Crippen LogP) is 3.01. The first-order valence-corrected chi connectivity index (χ1v) is 11.3. The number of aromatic nitrogens is 3. The third-order valence-electron chi connectivity index (χ3n) is 6.90. The quantitative estimate of drug-likeness (QED) is 0.483. The lowest BCUT2D eigenvalue weighted by Gasteiger charge is -2.29. The van der Waals surface area contributed by atoms with Crippen molar-refractivity contribution in [3.63, 3.8) is 0 Å². The SMILES string of the molecule is Cn1cnc(-c2ccc3c(c2)CN(C2CCC(=O)NC2=O)C3=O)c1-c1ccc2ccn(C)c2c1. The van der Waals surface area contributed by atoms with Gasteiger partial charge in [0.05, 0.1) is 17.7 Å². The summed E-state index contributed by atoms with van der Waals surface area (Å²) in [5, 5.41) is 3.53. The summed E-state index contributed by atoms with van der Waals surface area (Å²) in [7, 11) is 4.00. The highest BCUT2D eigenvalue weighted by Crippen LogP contribution is 2.36. The molecular weight excluding hydrogens is 430 g/mol. The summed E-state index contributed by atoms with van der Waals surface area (Å²) in [6, 6.07) is 13.6. The van der Waals surface area contributed by atoms with E-state index in [1.807, 2.05) is 43.1 Å². The van der Waals surface area contributed by atoms with E-state index < -0.39 is 11.9 Å². The minimum absolute atomic E-state index is 0.175. The molecule has 170 valence electrons. The van der Waals surface area contributed by atoms with E-state index in [2.05, 4.69) is 39.1 Å². The standard InChI is InChI=1S/C26H23N5O3/c1-29-10-9-15-3-4-17(12-21(15)29)24-23(27-14-30(24)2)16-5-6-19-18(11-16)13-31(26(19)34)20-7-8-22(32)28-25(20)33/h3-6,9-12,14,20H,7-8,13H2,1-2H3,(H,28,32,33). The summed E-state index contributed by atoms with van der Waals surface area (Å²) in [4.78, 5) is 43.1. The Morgan fingerprint density at radius 2 is 1.79 bits per heavy atom. The van der Waals surface area contributed by atoms with E-state index in [0.29, 0.717) is 18.5 Å². The van der Waals surface area contributed by atoms with Crippen molar-refractivity contribution in [2.75, 3.05) is 0 Å². The summed E-state index contributed by atoms with van der Waals surface area (Å²) in [5.74, 6) is -0.865. The van der Waals surface area contributed by atoms with Gasteiger partial charge in [-0.05, 0) is 41.6 Å². The van der Waals surface area contributed by atoms with Crippen LogP contribution in [0, 0.1) is 0 Å². The minimum atomic E-state index is -0.622. The predicted molar refractivity (Wildman–Crippen MR) is 127 cm³/mol. The number of imide groups is 1. The fourth-order valence-corrected chi connectivity index (χ4v) is 5.11. The Hall–Kier alpha value is -4.20. The summed E-state index contributed by atoms with van der Waals surface area (Å²) in [6.07, 6.45) is 4.44. The molecule has 34 heavy (non-hydrogen) atoms. The number of amides is 3. The van der Waals surface area contributed by atoms with E-state index in [4.69, 9.17) is 0 Å². The molecule has 0 radical (unpaired) electrons. The van der Waals surface area contributed by atoms with Crippen molar-refractivity contribution in [1.82, 2.24) is 24.3 Å². The number of imidazole rings is 1. The molecule has 8 nitrogen and oxygen atoms in total. The smallest absolute Gasteiger partial charge is 0.255 e. The number of rotatable bonds is 3. The van der Waals surface area contributed by atoms with E-state index in [9.17, 15) is 14.4 Å². The van der Waals surface area contributed by atoms with E-state index in [1.54, 1.807) is 11.2 Å². The van der Waals surface area contributed by atoms with E-state index in [0.717, 1.165) is 33.6 Å². The van der Waals surface area contributed by atoms with Gasteiger partial charge in [-0.2, -0.15) is 0 Å². The van der Waals surface area contributed by atoms with Crippen molar-refractivity contribution in [1.29, 1.82) is 0 Å². The van der Waals surface area contributed by atoms with Crippen LogP contribution in [0.1, 0.15) is 28.8 Å². The molecule has 1 atom stereocenters. The van der Waals surface area contributed by atoms with Crippen molar-refractivity contribution in [2.45, 2.75) is 25.4 Å². The van der Waals surface area contributed by atoms with Crippen molar-refractivity contribution in [3.8, 4) is 22.5 Å². The minimum Gasteiger partial charge on any atom is -0.351 e. The molecule has 2 aliphatic heterocycles. The molecule has 4 heterocycles. The first kappa shape index (κ1) is 20.4. The normalized spacial score (nSPS) is 18.0. The van der Waals surface area contributed by atoms with Crippen molar-refractivity contribution in [3.05, 3.63) is 66.1 Å². The number of nitrogens with one attached hydrogen (secondary N) is 1. The van der Waals surface area contributed by atoms with Gasteiger partial charge in [0.25, 0.3) is 5.91 Å². The van der Waals surface area contributed by atoms with Crippen LogP contribution in [0.25, 0.3) is 33.4 Å². The zero-order valence-electron chi connectivity index (χ0n) is 18.9. The van der Waals surface area contributed by atoms with Gasteiger partial charge in [0.1, 0.15) is 6.04 Å². The number of aryl methyl sites for hydroxylation is 2. The second-order valence-electron chi connectivity index (χ2n) is 9.02. The highest BCUT2D eigenvalue weighted by molar-refractivity contribution is 6.05. The number of piperidine rings is 1. The van der Waals surface area contributed by atoms with Gasteiger partial charge in [-0.25, -0.2) is 4.98 Å². The number of hydrogen-bond donors (Lipinski definition) is 1. The van der Waals surface area contributed by atoms with Crippen LogP contribution in [0.3, 0.4) is 0 Å². The average Bonchev–Trinajstić information content (AvgIpc) is 3.49. The van der Waals surface area contributed by atoms with Crippen LogP contribution >= 0.6 is 0 Å². The zero-order valence-corrected chi connectivity index (χ0v) is 18.9. The molecule has 1 N–H and O–H groups in total. The fraction of sp³-hybridized carbons (Fsp3) is 0.231. The zero-order chi connectivity index (χ0) is 23.6. The summed E-state index contributed by atoms with van der Waals surface area (Å²) >= 11 is 0. The number of fused-ring (bicyclic) bond motifs is 2. The fourth-order valence-electron chi connectivity index (χ4n) is 5.11. The van der Waals surface area contributed by atoms with Gasteiger partial charge in [0.2, 0.25) is 11.8 Å². The molecule has 4 aromatic rings.